The lowest BCUT2D eigenvalue weighted by Gasteiger charge is -2.18. The van der Waals surface area contributed by atoms with Crippen molar-refractivity contribution in [3.63, 3.8) is 0 Å². The van der Waals surface area contributed by atoms with Gasteiger partial charge in [-0.05, 0) is 19.1 Å². The smallest absolute Gasteiger partial charge is 0.140 e. The Balaban J connectivity index is 2.99. The van der Waals surface area contributed by atoms with Gasteiger partial charge in [-0.1, -0.05) is 43.5 Å². The summed E-state index contributed by atoms with van der Waals surface area (Å²) >= 11 is 6.73. The second kappa shape index (κ2) is 2.62. The van der Waals surface area contributed by atoms with Gasteiger partial charge in [-0.25, -0.2) is 0 Å². The van der Waals surface area contributed by atoms with Crippen LogP contribution in [0.2, 0.25) is 0 Å². The highest BCUT2D eigenvalue weighted by Crippen LogP contribution is 2.33. The van der Waals surface area contributed by atoms with Crippen molar-refractivity contribution in [1.82, 2.24) is 0 Å². The fourth-order valence-electron chi connectivity index (χ4n) is 0.738. The molecule has 54 valence electrons. The number of halogens is 2. The lowest BCUT2D eigenvalue weighted by molar-refractivity contribution is 1.30. The fourth-order valence-corrected chi connectivity index (χ4v) is 1.72. The van der Waals surface area contributed by atoms with Crippen LogP contribution < -0.4 is 0 Å². The fraction of sp³-hybridized carbons (Fsp3) is 0.286. The van der Waals surface area contributed by atoms with E-state index < -0.39 is 3.23 Å². The third kappa shape index (κ3) is 1.58. The molecule has 10 heavy (non-hydrogen) atoms. The van der Waals surface area contributed by atoms with Gasteiger partial charge in [0.15, 0.2) is 0 Å². The van der Waals surface area contributed by atoms with E-state index in [2.05, 4.69) is 31.9 Å². The molecular weight excluding hydrogens is 258 g/mol. The number of allylic oxidation sites excluding steroid dienone is 4. The van der Waals surface area contributed by atoms with Gasteiger partial charge in [0, 0.05) is 0 Å². The van der Waals surface area contributed by atoms with Crippen LogP contribution >= 0.6 is 31.9 Å². The van der Waals surface area contributed by atoms with Crippen LogP contribution in [0.25, 0.3) is 0 Å². The molecule has 0 aliphatic heterocycles. The summed E-state index contributed by atoms with van der Waals surface area (Å²) in [4.78, 5) is 0. The molecule has 1 rings (SSSR count). The van der Waals surface area contributed by atoms with Crippen LogP contribution in [0.1, 0.15) is 6.92 Å². The summed E-state index contributed by atoms with van der Waals surface area (Å²) in [6.07, 6.45) is 5.65. The molecule has 0 fully saturated rings. The predicted molar refractivity (Wildman–Crippen MR) is 51.2 cm³/mol. The van der Waals surface area contributed by atoms with E-state index in [1.807, 2.05) is 19.1 Å². The highest BCUT2D eigenvalue weighted by molar-refractivity contribution is 9.26. The second-order valence-corrected chi connectivity index (χ2v) is 5.82. The summed E-state index contributed by atoms with van der Waals surface area (Å²) in [5.74, 6) is 0. The Labute approximate surface area is 77.0 Å². The molecule has 0 radical (unpaired) electrons. The molecule has 0 aromatic carbocycles. The normalized spacial score (nSPS) is 22.7. The Morgan fingerprint density at radius 2 is 2.00 bits per heavy atom. The molecule has 0 saturated carbocycles. The molecule has 1 N–H and O–H groups in total. The van der Waals surface area contributed by atoms with Crippen LogP contribution in [0.3, 0.4) is 0 Å². The van der Waals surface area contributed by atoms with E-state index in [4.69, 9.17) is 5.41 Å². The Hall–Kier alpha value is 0.110. The number of nitrogens with one attached hydrogen (secondary N) is 1. The summed E-state index contributed by atoms with van der Waals surface area (Å²) < 4.78 is -0.432. The lowest BCUT2D eigenvalue weighted by Crippen LogP contribution is -2.21. The van der Waals surface area contributed by atoms with Crippen LogP contribution in [0.4, 0.5) is 0 Å². The third-order valence-electron chi connectivity index (χ3n) is 1.28. The zero-order valence-electron chi connectivity index (χ0n) is 5.49. The van der Waals surface area contributed by atoms with Gasteiger partial charge < -0.3 is 5.41 Å². The first-order valence-electron chi connectivity index (χ1n) is 2.87. The minimum Gasteiger partial charge on any atom is -0.303 e. The van der Waals surface area contributed by atoms with Gasteiger partial charge >= 0.3 is 0 Å². The van der Waals surface area contributed by atoms with Gasteiger partial charge in [-0.15, -0.1) is 0 Å². The van der Waals surface area contributed by atoms with E-state index in [1.54, 1.807) is 6.08 Å². The largest absolute Gasteiger partial charge is 0.303 e. The summed E-state index contributed by atoms with van der Waals surface area (Å²) in [7, 11) is 0. The zero-order valence-corrected chi connectivity index (χ0v) is 8.66. The minimum atomic E-state index is -0.432. The topological polar surface area (TPSA) is 23.9 Å². The Morgan fingerprint density at radius 3 is 2.40 bits per heavy atom. The van der Waals surface area contributed by atoms with Gasteiger partial charge in [0.05, 0.1) is 5.71 Å². The molecule has 3 heteroatoms. The molecule has 0 spiro atoms. The first kappa shape index (κ1) is 8.21. The maximum atomic E-state index is 7.46. The molecule has 0 atom stereocenters. The van der Waals surface area contributed by atoms with Gasteiger partial charge in [0.25, 0.3) is 0 Å². The third-order valence-corrected chi connectivity index (χ3v) is 2.59. The highest BCUT2D eigenvalue weighted by atomic mass is 79.9. The first-order valence-corrected chi connectivity index (χ1v) is 4.45. The number of alkyl halides is 2. The predicted octanol–water partition coefficient (Wildman–Crippen LogP) is 3.01. The van der Waals surface area contributed by atoms with Crippen molar-refractivity contribution in [2.24, 2.45) is 0 Å². The van der Waals surface area contributed by atoms with Crippen LogP contribution in [0.15, 0.2) is 23.8 Å². The van der Waals surface area contributed by atoms with Crippen LogP contribution in [0, 0.1) is 5.41 Å². The van der Waals surface area contributed by atoms with Crippen molar-refractivity contribution in [2.45, 2.75) is 10.2 Å². The van der Waals surface area contributed by atoms with Crippen molar-refractivity contribution < 1.29 is 0 Å². The summed E-state index contributed by atoms with van der Waals surface area (Å²) in [5, 5.41) is 7.46. The molecule has 1 aliphatic carbocycles. The monoisotopic (exact) mass is 263 g/mol. The lowest BCUT2D eigenvalue weighted by atomic mass is 10.1. The molecule has 0 saturated heterocycles. The van der Waals surface area contributed by atoms with Crippen molar-refractivity contribution in [2.75, 3.05) is 0 Å². The van der Waals surface area contributed by atoms with Gasteiger partial charge in [-0.3, -0.25) is 0 Å². The molecule has 0 aromatic rings. The molecule has 1 nitrogen and oxygen atoms in total. The van der Waals surface area contributed by atoms with Gasteiger partial charge in [0.2, 0.25) is 0 Å². The van der Waals surface area contributed by atoms with E-state index in [-0.39, 0.29) is 0 Å². The maximum absolute atomic E-state index is 7.46. The molecule has 0 unspecified atom stereocenters. The molecule has 0 aromatic heterocycles. The van der Waals surface area contributed by atoms with Crippen molar-refractivity contribution in [1.29, 1.82) is 5.41 Å². The maximum Gasteiger partial charge on any atom is 0.140 e. The van der Waals surface area contributed by atoms with E-state index in [0.717, 1.165) is 5.57 Å². The first-order chi connectivity index (χ1) is 4.52. The van der Waals surface area contributed by atoms with Gasteiger partial charge in [-0.2, -0.15) is 0 Å². The van der Waals surface area contributed by atoms with Crippen molar-refractivity contribution in [3.8, 4) is 0 Å². The second-order valence-electron chi connectivity index (χ2n) is 2.26. The molecule has 0 amide bonds. The Bertz CT molecular complexity index is 226. The summed E-state index contributed by atoms with van der Waals surface area (Å²) in [5.41, 5.74) is 1.68. The summed E-state index contributed by atoms with van der Waals surface area (Å²) in [6.45, 7) is 2.00. The van der Waals surface area contributed by atoms with E-state index >= 15 is 0 Å². The van der Waals surface area contributed by atoms with E-state index in [0.29, 0.717) is 5.71 Å². The number of hydrogen-bond donors (Lipinski definition) is 1. The Morgan fingerprint density at radius 1 is 1.40 bits per heavy atom. The average Bonchev–Trinajstić information content (AvgIpc) is 1.78. The number of hydrogen-bond acceptors (Lipinski definition) is 1. The van der Waals surface area contributed by atoms with Crippen LogP contribution in [0.5, 0.6) is 0 Å². The Kier molecular flexibility index (Phi) is 2.15. The molecule has 1 aliphatic rings. The standard InChI is InChI=1S/C7H7Br2N/c1-5-2-3-6(10)7(8,9)4-5/h2-4,10H,1H3. The minimum absolute atomic E-state index is 0.432. The average molecular weight is 265 g/mol. The van der Waals surface area contributed by atoms with Crippen LogP contribution in [-0.4, -0.2) is 8.95 Å². The van der Waals surface area contributed by atoms with Crippen molar-refractivity contribution >= 4 is 37.6 Å². The SMILES string of the molecule is CC1=CC(Br)(Br)C(=N)C=C1. The van der Waals surface area contributed by atoms with Gasteiger partial charge in [0.1, 0.15) is 3.23 Å². The summed E-state index contributed by atoms with van der Waals surface area (Å²) in [6, 6.07) is 0. The van der Waals surface area contributed by atoms with E-state index in [9.17, 15) is 0 Å². The van der Waals surface area contributed by atoms with Crippen LogP contribution in [-0.2, 0) is 0 Å². The quantitative estimate of drug-likeness (QED) is 0.651. The highest BCUT2D eigenvalue weighted by Gasteiger charge is 2.25. The molecule has 0 bridgehead atoms. The number of rotatable bonds is 0. The van der Waals surface area contributed by atoms with Crippen molar-refractivity contribution in [3.05, 3.63) is 23.8 Å². The molecular formula is C7H7Br2N. The van der Waals surface area contributed by atoms with E-state index in [1.165, 1.54) is 0 Å². The zero-order chi connectivity index (χ0) is 7.78. The molecule has 0 heterocycles.